The summed E-state index contributed by atoms with van der Waals surface area (Å²) >= 11 is 0. The zero-order valence-corrected chi connectivity index (χ0v) is 17.6. The number of carbonyl (C=O) groups excluding carboxylic acids is 2. The van der Waals surface area contributed by atoms with Gasteiger partial charge in [0.2, 0.25) is 0 Å². The summed E-state index contributed by atoms with van der Waals surface area (Å²) in [4.78, 5) is 29.0. The van der Waals surface area contributed by atoms with E-state index in [1.54, 1.807) is 0 Å². The van der Waals surface area contributed by atoms with Gasteiger partial charge in [-0.15, -0.1) is 0 Å². The Labute approximate surface area is 162 Å². The zero-order valence-electron chi connectivity index (χ0n) is 17.6. The first-order chi connectivity index (χ1) is 12.4. The van der Waals surface area contributed by atoms with Crippen molar-refractivity contribution in [3.8, 4) is 0 Å². The third-order valence-corrected chi connectivity index (χ3v) is 6.62. The number of ether oxygens (including phenoxy) is 2. The number of esters is 1. The monoisotopic (exact) mass is 378 g/mol. The second-order valence-corrected chi connectivity index (χ2v) is 10.1. The molecule has 4 rings (SSSR count). The lowest BCUT2D eigenvalue weighted by Gasteiger charge is -2.64. The van der Waals surface area contributed by atoms with Gasteiger partial charge in [-0.2, -0.15) is 0 Å². The minimum Gasteiger partial charge on any atom is -0.451 e. The number of hydrogen-bond acceptors (Lipinski definition) is 5. The topological polar surface area (TPSA) is 77.0 Å². The van der Waals surface area contributed by atoms with Crippen molar-refractivity contribution in [3.05, 3.63) is 0 Å². The molecule has 2 bridgehead atoms. The first-order valence-electron chi connectivity index (χ1n) is 10.2. The average molecular weight is 379 g/mol. The average Bonchev–Trinajstić information content (AvgIpc) is 2.51. The molecule has 27 heavy (non-hydrogen) atoms. The van der Waals surface area contributed by atoms with Crippen LogP contribution in [0.1, 0.15) is 73.6 Å². The summed E-state index contributed by atoms with van der Waals surface area (Å²) in [6.45, 7) is 12.7. The second-order valence-electron chi connectivity index (χ2n) is 10.1. The number of amides is 1. The van der Waals surface area contributed by atoms with Crippen molar-refractivity contribution in [2.75, 3.05) is 6.54 Å². The number of nitrogens with zero attached hydrogens (tertiary/aromatic N) is 1. The first-order valence-corrected chi connectivity index (χ1v) is 10.2. The Kier molecular flexibility index (Phi) is 5.06. The van der Waals surface area contributed by atoms with Crippen molar-refractivity contribution in [2.45, 2.75) is 90.9 Å². The van der Waals surface area contributed by atoms with Crippen molar-refractivity contribution < 1.29 is 19.1 Å². The molecule has 152 valence electrons. The summed E-state index contributed by atoms with van der Waals surface area (Å²) < 4.78 is 11.2. The van der Waals surface area contributed by atoms with Gasteiger partial charge in [0.25, 0.3) is 0 Å². The summed E-state index contributed by atoms with van der Waals surface area (Å²) in [5.74, 6) is 0.845. The highest BCUT2D eigenvalue weighted by Crippen LogP contribution is 2.63. The molecular formula is C21H34N2O4. The van der Waals surface area contributed by atoms with E-state index in [2.05, 4.69) is 19.2 Å². The van der Waals surface area contributed by atoms with Crippen LogP contribution in [0.5, 0.6) is 0 Å². The van der Waals surface area contributed by atoms with E-state index in [4.69, 9.17) is 14.5 Å². The Morgan fingerprint density at radius 1 is 1.30 bits per heavy atom. The molecule has 1 heterocycles. The van der Waals surface area contributed by atoms with Gasteiger partial charge in [0, 0.05) is 12.5 Å². The standard InChI is InChI=1S/C21H34N2O4/c1-19(2,3)27-18(25)22-10-8-7-9-14-17(24)26-21(6)15-11-13(20(15,4)5)12-16(21)23-14/h13-15H,7-12H2,1-6H3,(H,22,25)/t13-,14-,15-,21-/m0/s1. The van der Waals surface area contributed by atoms with Gasteiger partial charge in [-0.05, 0) is 71.1 Å². The molecule has 0 radical (unpaired) electrons. The Bertz CT molecular complexity index is 649. The largest absolute Gasteiger partial charge is 0.451 e. The van der Waals surface area contributed by atoms with Crippen molar-refractivity contribution in [3.63, 3.8) is 0 Å². The molecule has 6 heteroatoms. The van der Waals surface area contributed by atoms with Crippen molar-refractivity contribution >= 4 is 17.8 Å². The third kappa shape index (κ3) is 3.85. The molecule has 3 aliphatic carbocycles. The predicted octanol–water partition coefficient (Wildman–Crippen LogP) is 3.87. The highest BCUT2D eigenvalue weighted by molar-refractivity contribution is 6.00. The van der Waals surface area contributed by atoms with Crippen molar-refractivity contribution in [1.29, 1.82) is 0 Å². The number of nitrogens with one attached hydrogen (secondary N) is 1. The molecule has 1 amide bonds. The molecule has 4 aliphatic rings. The zero-order chi connectivity index (χ0) is 20.0. The second kappa shape index (κ2) is 6.78. The van der Waals surface area contributed by atoms with Crippen LogP contribution in [0.4, 0.5) is 4.79 Å². The van der Waals surface area contributed by atoms with Crippen LogP contribution in [-0.4, -0.2) is 41.6 Å². The number of rotatable bonds is 5. The SMILES string of the molecule is CC(C)(C)OC(=O)NCCCC[C@@H]1N=C2C[C@@H]3C[C@@H](C3(C)C)[C@]2(C)OC1=O. The van der Waals surface area contributed by atoms with Gasteiger partial charge in [-0.1, -0.05) is 13.8 Å². The summed E-state index contributed by atoms with van der Waals surface area (Å²) in [6, 6.07) is -0.393. The number of aliphatic imine (C=N–C) groups is 1. The molecule has 0 aromatic rings. The molecule has 1 aliphatic heterocycles. The van der Waals surface area contributed by atoms with E-state index in [9.17, 15) is 9.59 Å². The van der Waals surface area contributed by atoms with Gasteiger partial charge in [0.05, 0.1) is 5.71 Å². The van der Waals surface area contributed by atoms with Crippen LogP contribution in [0, 0.1) is 17.3 Å². The molecular weight excluding hydrogens is 344 g/mol. The molecule has 3 fully saturated rings. The van der Waals surface area contributed by atoms with E-state index in [0.29, 0.717) is 24.8 Å². The van der Waals surface area contributed by atoms with E-state index in [1.165, 1.54) is 0 Å². The summed E-state index contributed by atoms with van der Waals surface area (Å²) in [5.41, 5.74) is 0.311. The third-order valence-electron chi connectivity index (χ3n) is 6.62. The molecule has 0 unspecified atom stereocenters. The number of carbonyl (C=O) groups is 2. The quantitative estimate of drug-likeness (QED) is 0.582. The first kappa shape index (κ1) is 20.2. The van der Waals surface area contributed by atoms with Crippen LogP contribution in [0.2, 0.25) is 0 Å². The highest BCUT2D eigenvalue weighted by Gasteiger charge is 2.65. The predicted molar refractivity (Wildman–Crippen MR) is 104 cm³/mol. The van der Waals surface area contributed by atoms with E-state index in [0.717, 1.165) is 31.4 Å². The maximum atomic E-state index is 12.5. The Hall–Kier alpha value is -1.59. The lowest BCUT2D eigenvalue weighted by molar-refractivity contribution is -0.187. The van der Waals surface area contributed by atoms with Gasteiger partial charge in [0.1, 0.15) is 11.6 Å². The number of unbranched alkanes of at least 4 members (excludes halogenated alkanes) is 1. The van der Waals surface area contributed by atoms with Gasteiger partial charge >= 0.3 is 12.1 Å². The van der Waals surface area contributed by atoms with Crippen LogP contribution in [0.25, 0.3) is 0 Å². The number of alkyl carbamates (subject to hydrolysis) is 1. The fourth-order valence-electron chi connectivity index (χ4n) is 4.91. The lowest BCUT2D eigenvalue weighted by atomic mass is 9.43. The van der Waals surface area contributed by atoms with Crippen LogP contribution in [-0.2, 0) is 14.3 Å². The maximum absolute atomic E-state index is 12.5. The minimum absolute atomic E-state index is 0.192. The number of hydrogen-bond donors (Lipinski definition) is 1. The molecule has 6 nitrogen and oxygen atoms in total. The van der Waals surface area contributed by atoms with Crippen LogP contribution in [0.3, 0.4) is 0 Å². The van der Waals surface area contributed by atoms with E-state index >= 15 is 0 Å². The fraction of sp³-hybridized carbons (Fsp3) is 0.857. The van der Waals surface area contributed by atoms with Crippen LogP contribution in [0.15, 0.2) is 4.99 Å². The summed E-state index contributed by atoms with van der Waals surface area (Å²) in [5, 5.41) is 2.75. The Morgan fingerprint density at radius 3 is 2.63 bits per heavy atom. The Balaban J connectivity index is 1.47. The molecule has 3 saturated carbocycles. The van der Waals surface area contributed by atoms with Gasteiger partial charge in [-0.3, -0.25) is 4.99 Å². The molecule has 4 atom stereocenters. The van der Waals surface area contributed by atoms with E-state index in [1.807, 2.05) is 27.7 Å². The molecule has 0 spiro atoms. The fourth-order valence-corrected chi connectivity index (χ4v) is 4.91. The van der Waals surface area contributed by atoms with E-state index < -0.39 is 23.3 Å². The van der Waals surface area contributed by atoms with Crippen molar-refractivity contribution in [1.82, 2.24) is 5.32 Å². The van der Waals surface area contributed by atoms with Gasteiger partial charge < -0.3 is 14.8 Å². The maximum Gasteiger partial charge on any atom is 0.407 e. The summed E-state index contributed by atoms with van der Waals surface area (Å²) in [7, 11) is 0. The van der Waals surface area contributed by atoms with Gasteiger partial charge in [0.15, 0.2) is 5.60 Å². The molecule has 0 aromatic carbocycles. The molecule has 0 aromatic heterocycles. The summed E-state index contributed by atoms with van der Waals surface area (Å²) in [6.07, 6.45) is 3.93. The smallest absolute Gasteiger partial charge is 0.407 e. The van der Waals surface area contributed by atoms with E-state index in [-0.39, 0.29) is 11.4 Å². The van der Waals surface area contributed by atoms with Crippen LogP contribution >= 0.6 is 0 Å². The molecule has 0 saturated heterocycles. The molecule has 1 N–H and O–H groups in total. The van der Waals surface area contributed by atoms with Gasteiger partial charge in [-0.25, -0.2) is 9.59 Å². The Morgan fingerprint density at radius 2 is 2.00 bits per heavy atom. The van der Waals surface area contributed by atoms with Crippen LogP contribution < -0.4 is 5.32 Å². The normalized spacial score (nSPS) is 33.9. The lowest BCUT2D eigenvalue weighted by Crippen LogP contribution is -2.68. The van der Waals surface area contributed by atoms with Crippen molar-refractivity contribution in [2.24, 2.45) is 22.2 Å². The minimum atomic E-state index is -0.510. The highest BCUT2D eigenvalue weighted by atomic mass is 16.6.